The predicted molar refractivity (Wildman–Crippen MR) is 76.4 cm³/mol. The van der Waals surface area contributed by atoms with Crippen LogP contribution >= 0.6 is 0 Å². The molecule has 1 aromatic carbocycles. The number of hydrogen-bond donors (Lipinski definition) is 2. The van der Waals surface area contributed by atoms with E-state index in [1.165, 1.54) is 6.07 Å². The number of benzene rings is 1. The van der Waals surface area contributed by atoms with E-state index in [-0.39, 0.29) is 28.7 Å². The standard InChI is InChI=1S/C14H22N2O3/c1-10-11(6-5-7-12(10)16(18)19)15-13(8-9-17)14(2,3)4/h5-7,13,15,17H,8-9H2,1-4H3. The van der Waals surface area contributed by atoms with Crippen molar-refractivity contribution in [3.05, 3.63) is 33.9 Å². The SMILES string of the molecule is Cc1c(NC(CCO)C(C)(C)C)cccc1[N+](=O)[O-]. The van der Waals surface area contributed by atoms with Gasteiger partial charge < -0.3 is 10.4 Å². The zero-order valence-corrected chi connectivity index (χ0v) is 11.9. The molecule has 0 bridgehead atoms. The number of anilines is 1. The van der Waals surface area contributed by atoms with Gasteiger partial charge in [-0.1, -0.05) is 26.8 Å². The Bertz CT molecular complexity index is 452. The lowest BCUT2D eigenvalue weighted by Gasteiger charge is -2.32. The van der Waals surface area contributed by atoms with Gasteiger partial charge in [0.05, 0.1) is 4.92 Å². The van der Waals surface area contributed by atoms with Crippen LogP contribution in [0.4, 0.5) is 11.4 Å². The van der Waals surface area contributed by atoms with Crippen LogP contribution in [0.5, 0.6) is 0 Å². The summed E-state index contributed by atoms with van der Waals surface area (Å²) >= 11 is 0. The Labute approximate surface area is 113 Å². The summed E-state index contributed by atoms with van der Waals surface area (Å²) in [6.07, 6.45) is 0.603. The fraction of sp³-hybridized carbons (Fsp3) is 0.571. The second-order valence-electron chi connectivity index (χ2n) is 5.78. The largest absolute Gasteiger partial charge is 0.396 e. The first-order valence-corrected chi connectivity index (χ1v) is 6.38. The molecule has 2 N–H and O–H groups in total. The maximum Gasteiger partial charge on any atom is 0.274 e. The van der Waals surface area contributed by atoms with Gasteiger partial charge >= 0.3 is 0 Å². The summed E-state index contributed by atoms with van der Waals surface area (Å²) in [4.78, 5) is 10.5. The molecule has 0 aliphatic heterocycles. The van der Waals surface area contributed by atoms with Crippen LogP contribution in [0.25, 0.3) is 0 Å². The Balaban J connectivity index is 3.03. The van der Waals surface area contributed by atoms with E-state index in [1.807, 2.05) is 6.07 Å². The van der Waals surface area contributed by atoms with E-state index in [0.29, 0.717) is 12.0 Å². The molecule has 1 rings (SSSR count). The lowest BCUT2D eigenvalue weighted by molar-refractivity contribution is -0.385. The fourth-order valence-corrected chi connectivity index (χ4v) is 2.02. The molecule has 0 fully saturated rings. The van der Waals surface area contributed by atoms with Gasteiger partial charge in [-0.25, -0.2) is 0 Å². The summed E-state index contributed by atoms with van der Waals surface area (Å²) in [7, 11) is 0. The third-order valence-electron chi connectivity index (χ3n) is 3.29. The molecule has 0 amide bonds. The Morgan fingerprint density at radius 3 is 2.53 bits per heavy atom. The quantitative estimate of drug-likeness (QED) is 0.634. The highest BCUT2D eigenvalue weighted by atomic mass is 16.6. The van der Waals surface area contributed by atoms with Crippen LogP contribution < -0.4 is 5.32 Å². The zero-order valence-electron chi connectivity index (χ0n) is 11.9. The van der Waals surface area contributed by atoms with Gasteiger partial charge in [0, 0.05) is 30.0 Å². The van der Waals surface area contributed by atoms with E-state index in [9.17, 15) is 10.1 Å². The second kappa shape index (κ2) is 6.02. The molecule has 0 aliphatic carbocycles. The normalized spacial score (nSPS) is 13.1. The molecule has 0 aromatic heterocycles. The van der Waals surface area contributed by atoms with Crippen LogP contribution in [-0.2, 0) is 0 Å². The highest BCUT2D eigenvalue weighted by molar-refractivity contribution is 5.60. The van der Waals surface area contributed by atoms with E-state index in [4.69, 9.17) is 5.11 Å². The Morgan fingerprint density at radius 2 is 2.05 bits per heavy atom. The third-order valence-corrected chi connectivity index (χ3v) is 3.29. The second-order valence-corrected chi connectivity index (χ2v) is 5.78. The van der Waals surface area contributed by atoms with Crippen molar-refractivity contribution < 1.29 is 10.0 Å². The smallest absolute Gasteiger partial charge is 0.274 e. The molecule has 0 saturated heterocycles. The van der Waals surface area contributed by atoms with E-state index in [2.05, 4.69) is 26.1 Å². The molecule has 0 aliphatic rings. The minimum Gasteiger partial charge on any atom is -0.396 e. The van der Waals surface area contributed by atoms with Crippen molar-refractivity contribution in [2.24, 2.45) is 5.41 Å². The summed E-state index contributed by atoms with van der Waals surface area (Å²) in [5.41, 5.74) is 1.45. The molecule has 1 aromatic rings. The van der Waals surface area contributed by atoms with Crippen LogP contribution in [0.2, 0.25) is 0 Å². The molecule has 1 unspecified atom stereocenters. The maximum atomic E-state index is 10.9. The summed E-state index contributed by atoms with van der Waals surface area (Å²) in [5.74, 6) is 0. The molecule has 1 atom stereocenters. The Kier molecular flexibility index (Phi) is 4.89. The van der Waals surface area contributed by atoms with Gasteiger partial charge in [0.15, 0.2) is 0 Å². The van der Waals surface area contributed by atoms with Crippen LogP contribution in [0.1, 0.15) is 32.8 Å². The van der Waals surface area contributed by atoms with Crippen molar-refractivity contribution in [2.45, 2.75) is 40.2 Å². The number of nitro groups is 1. The van der Waals surface area contributed by atoms with E-state index in [1.54, 1.807) is 13.0 Å². The lowest BCUT2D eigenvalue weighted by Crippen LogP contribution is -2.35. The number of hydrogen-bond acceptors (Lipinski definition) is 4. The summed E-state index contributed by atoms with van der Waals surface area (Å²) in [5, 5.41) is 23.4. The minimum absolute atomic E-state index is 0.0419. The van der Waals surface area contributed by atoms with Gasteiger partial charge in [-0.05, 0) is 24.8 Å². The Hall–Kier alpha value is -1.62. The van der Waals surface area contributed by atoms with Crippen molar-refractivity contribution in [3.8, 4) is 0 Å². The first kappa shape index (κ1) is 15.4. The summed E-state index contributed by atoms with van der Waals surface area (Å²) in [6.45, 7) is 8.05. The van der Waals surface area contributed by atoms with Gasteiger partial charge in [-0.2, -0.15) is 0 Å². The Morgan fingerprint density at radius 1 is 1.42 bits per heavy atom. The van der Waals surface area contributed by atoms with Crippen molar-refractivity contribution >= 4 is 11.4 Å². The highest BCUT2D eigenvalue weighted by Crippen LogP contribution is 2.30. The monoisotopic (exact) mass is 266 g/mol. The number of aliphatic hydroxyl groups is 1. The number of rotatable bonds is 5. The molecular weight excluding hydrogens is 244 g/mol. The lowest BCUT2D eigenvalue weighted by atomic mass is 9.84. The van der Waals surface area contributed by atoms with Gasteiger partial charge in [0.2, 0.25) is 0 Å². The van der Waals surface area contributed by atoms with E-state index in [0.717, 1.165) is 5.69 Å². The number of nitro benzene ring substituents is 1. The first-order chi connectivity index (χ1) is 8.77. The highest BCUT2D eigenvalue weighted by Gasteiger charge is 2.25. The van der Waals surface area contributed by atoms with Gasteiger partial charge in [-0.3, -0.25) is 10.1 Å². The molecule has 5 heteroatoms. The van der Waals surface area contributed by atoms with Crippen molar-refractivity contribution in [2.75, 3.05) is 11.9 Å². The van der Waals surface area contributed by atoms with E-state index >= 15 is 0 Å². The molecular formula is C14H22N2O3. The summed E-state index contributed by atoms with van der Waals surface area (Å²) < 4.78 is 0. The topological polar surface area (TPSA) is 75.4 Å². The molecule has 0 heterocycles. The van der Waals surface area contributed by atoms with Crippen LogP contribution in [0.15, 0.2) is 18.2 Å². The van der Waals surface area contributed by atoms with Crippen LogP contribution in [0, 0.1) is 22.5 Å². The minimum atomic E-state index is -0.376. The fourth-order valence-electron chi connectivity index (χ4n) is 2.02. The van der Waals surface area contributed by atoms with Gasteiger partial charge in [-0.15, -0.1) is 0 Å². The third kappa shape index (κ3) is 3.92. The average Bonchev–Trinajstić information content (AvgIpc) is 2.29. The maximum absolute atomic E-state index is 10.9. The van der Waals surface area contributed by atoms with Gasteiger partial charge in [0.1, 0.15) is 0 Å². The first-order valence-electron chi connectivity index (χ1n) is 6.38. The predicted octanol–water partition coefficient (Wildman–Crippen LogP) is 3.11. The molecule has 0 radical (unpaired) electrons. The van der Waals surface area contributed by atoms with Crippen LogP contribution in [0.3, 0.4) is 0 Å². The van der Waals surface area contributed by atoms with Crippen molar-refractivity contribution in [1.82, 2.24) is 0 Å². The molecule has 5 nitrogen and oxygen atoms in total. The molecule has 0 saturated carbocycles. The van der Waals surface area contributed by atoms with Crippen molar-refractivity contribution in [1.29, 1.82) is 0 Å². The van der Waals surface area contributed by atoms with E-state index < -0.39 is 0 Å². The van der Waals surface area contributed by atoms with Crippen LogP contribution in [-0.4, -0.2) is 22.7 Å². The molecule has 0 spiro atoms. The molecule has 19 heavy (non-hydrogen) atoms. The summed E-state index contributed by atoms with van der Waals surface area (Å²) in [6, 6.07) is 5.06. The number of nitrogens with zero attached hydrogens (tertiary/aromatic N) is 1. The molecule has 106 valence electrons. The van der Waals surface area contributed by atoms with Crippen molar-refractivity contribution in [3.63, 3.8) is 0 Å². The number of aliphatic hydroxyl groups excluding tert-OH is 1. The van der Waals surface area contributed by atoms with Gasteiger partial charge in [0.25, 0.3) is 5.69 Å². The average molecular weight is 266 g/mol. The zero-order chi connectivity index (χ0) is 14.6. The number of nitrogens with one attached hydrogen (secondary N) is 1.